The Morgan fingerprint density at radius 1 is 1.14 bits per heavy atom. The van der Waals surface area contributed by atoms with E-state index in [4.69, 9.17) is 10.9 Å². The van der Waals surface area contributed by atoms with Gasteiger partial charge in [-0.2, -0.15) is 5.10 Å². The molecule has 0 spiro atoms. The van der Waals surface area contributed by atoms with Gasteiger partial charge in [-0.1, -0.05) is 6.07 Å². The first-order chi connectivity index (χ1) is 13.3. The Hall–Kier alpha value is -3.17. The second kappa shape index (κ2) is 6.47. The number of anilines is 1. The summed E-state index contributed by atoms with van der Waals surface area (Å²) in [5, 5.41) is 12.3. The third-order valence-electron chi connectivity index (χ3n) is 4.87. The predicted octanol–water partition coefficient (Wildman–Crippen LogP) is 1.23. The van der Waals surface area contributed by atoms with Crippen molar-refractivity contribution in [2.75, 3.05) is 12.8 Å². The van der Waals surface area contributed by atoms with Crippen LogP contribution in [-0.4, -0.2) is 31.2 Å². The summed E-state index contributed by atoms with van der Waals surface area (Å²) < 4.78 is 24.7. The predicted molar refractivity (Wildman–Crippen MR) is 106 cm³/mol. The van der Waals surface area contributed by atoms with E-state index in [-0.39, 0.29) is 10.8 Å². The molecule has 1 aromatic heterocycles. The number of nitrogen functional groups attached to an aromatic ring is 1. The van der Waals surface area contributed by atoms with Crippen LogP contribution in [-0.2, 0) is 22.9 Å². The maximum atomic E-state index is 12.4. The smallest absolute Gasteiger partial charge is 0.271 e. The molecule has 8 nitrogen and oxygen atoms in total. The highest BCUT2D eigenvalue weighted by atomic mass is 32.2. The fourth-order valence-electron chi connectivity index (χ4n) is 3.52. The molecule has 1 amide bonds. The summed E-state index contributed by atoms with van der Waals surface area (Å²) in [7, 11) is -2.24. The lowest BCUT2D eigenvalue weighted by molar-refractivity contribution is 0.0957. The highest BCUT2D eigenvalue weighted by Gasteiger charge is 2.28. The number of benzene rings is 2. The molecule has 5 N–H and O–H groups in total. The molecule has 4 rings (SSSR count). The van der Waals surface area contributed by atoms with Crippen molar-refractivity contribution in [2.45, 2.75) is 17.7 Å². The second-order valence-corrected chi connectivity index (χ2v) is 8.18. The number of carbonyl (C=O) groups is 1. The lowest BCUT2D eigenvalue weighted by atomic mass is 9.88. The van der Waals surface area contributed by atoms with Crippen LogP contribution < -0.4 is 16.2 Å². The van der Waals surface area contributed by atoms with Crippen molar-refractivity contribution in [1.82, 2.24) is 15.1 Å². The SMILES string of the molecule is CNC(=O)c1nn(-c2ccc(S(N)(=O)=O)cc2)c2c1CCc1ccc(N)cc1-2. The number of nitrogens with one attached hydrogen (secondary N) is 1. The van der Waals surface area contributed by atoms with E-state index in [0.717, 1.165) is 28.8 Å². The van der Waals surface area contributed by atoms with Crippen molar-refractivity contribution in [3.63, 3.8) is 0 Å². The van der Waals surface area contributed by atoms with Gasteiger partial charge >= 0.3 is 0 Å². The van der Waals surface area contributed by atoms with Gasteiger partial charge in [-0.25, -0.2) is 18.2 Å². The van der Waals surface area contributed by atoms with Gasteiger partial charge in [0.1, 0.15) is 0 Å². The van der Waals surface area contributed by atoms with Gasteiger partial charge in [-0.3, -0.25) is 4.79 Å². The highest BCUT2D eigenvalue weighted by molar-refractivity contribution is 7.89. The molecule has 0 fully saturated rings. The zero-order valence-corrected chi connectivity index (χ0v) is 16.0. The maximum Gasteiger partial charge on any atom is 0.271 e. The van der Waals surface area contributed by atoms with E-state index in [0.29, 0.717) is 23.5 Å². The molecule has 1 aliphatic rings. The molecule has 1 aliphatic carbocycles. The fraction of sp³-hybridized carbons (Fsp3) is 0.158. The number of aryl methyl sites for hydroxylation is 1. The van der Waals surface area contributed by atoms with E-state index in [1.54, 1.807) is 23.9 Å². The number of primary sulfonamides is 1. The molecule has 2 aromatic carbocycles. The van der Waals surface area contributed by atoms with Crippen LogP contribution in [0.25, 0.3) is 16.9 Å². The van der Waals surface area contributed by atoms with Crippen LogP contribution in [0.1, 0.15) is 21.6 Å². The van der Waals surface area contributed by atoms with E-state index in [1.807, 2.05) is 18.2 Å². The molecule has 1 heterocycles. The number of hydrogen-bond donors (Lipinski definition) is 3. The molecule has 0 saturated carbocycles. The summed E-state index contributed by atoms with van der Waals surface area (Å²) in [6.07, 6.45) is 1.45. The lowest BCUT2D eigenvalue weighted by Crippen LogP contribution is -2.20. The van der Waals surface area contributed by atoms with Crippen molar-refractivity contribution in [2.24, 2.45) is 5.14 Å². The number of aromatic nitrogens is 2. The molecule has 0 radical (unpaired) electrons. The largest absolute Gasteiger partial charge is 0.399 e. The van der Waals surface area contributed by atoms with Gasteiger partial charge in [0.05, 0.1) is 16.3 Å². The number of amides is 1. The van der Waals surface area contributed by atoms with Crippen LogP contribution in [0.15, 0.2) is 47.4 Å². The average Bonchev–Trinajstić information content (AvgIpc) is 3.07. The zero-order valence-electron chi connectivity index (χ0n) is 15.1. The second-order valence-electron chi connectivity index (χ2n) is 6.62. The molecule has 0 atom stereocenters. The quantitative estimate of drug-likeness (QED) is 0.572. The zero-order chi connectivity index (χ0) is 20.1. The topological polar surface area (TPSA) is 133 Å². The van der Waals surface area contributed by atoms with E-state index in [1.165, 1.54) is 12.1 Å². The minimum atomic E-state index is -3.80. The molecule has 0 saturated heterocycles. The monoisotopic (exact) mass is 397 g/mol. The number of carbonyl (C=O) groups excluding carboxylic acids is 1. The van der Waals surface area contributed by atoms with Gasteiger partial charge in [-0.15, -0.1) is 0 Å². The van der Waals surface area contributed by atoms with Crippen LogP contribution in [0, 0.1) is 0 Å². The summed E-state index contributed by atoms with van der Waals surface area (Å²) >= 11 is 0. The van der Waals surface area contributed by atoms with Crippen molar-refractivity contribution in [3.8, 4) is 16.9 Å². The Morgan fingerprint density at radius 2 is 1.86 bits per heavy atom. The molecule has 3 aromatic rings. The summed E-state index contributed by atoms with van der Waals surface area (Å²) in [6, 6.07) is 11.8. The van der Waals surface area contributed by atoms with Crippen molar-refractivity contribution in [3.05, 3.63) is 59.3 Å². The maximum absolute atomic E-state index is 12.4. The lowest BCUT2D eigenvalue weighted by Gasteiger charge is -2.19. The first kappa shape index (κ1) is 18.2. The molecule has 0 bridgehead atoms. The average molecular weight is 397 g/mol. The van der Waals surface area contributed by atoms with Gasteiger partial charge in [-0.05, 0) is 54.8 Å². The van der Waals surface area contributed by atoms with Gasteiger partial charge in [0.2, 0.25) is 10.0 Å². The summed E-state index contributed by atoms with van der Waals surface area (Å²) in [4.78, 5) is 12.4. The van der Waals surface area contributed by atoms with Gasteiger partial charge in [0, 0.05) is 23.9 Å². The number of nitrogens with two attached hydrogens (primary N) is 2. The number of fused-ring (bicyclic) bond motifs is 3. The Kier molecular flexibility index (Phi) is 4.20. The van der Waals surface area contributed by atoms with E-state index in [9.17, 15) is 13.2 Å². The molecule has 0 aliphatic heterocycles. The molecule has 9 heteroatoms. The van der Waals surface area contributed by atoms with Crippen LogP contribution in [0.2, 0.25) is 0 Å². The van der Waals surface area contributed by atoms with Crippen LogP contribution in [0.3, 0.4) is 0 Å². The molecular weight excluding hydrogens is 378 g/mol. The van der Waals surface area contributed by atoms with E-state index in [2.05, 4.69) is 10.4 Å². The number of sulfonamides is 1. The standard InChI is InChI=1S/C19H19N5O3S/c1-22-19(25)17-15-9-3-11-2-4-12(20)10-16(11)18(15)24(23-17)13-5-7-14(8-6-13)28(21,26)27/h2,4-8,10H,3,9,20H2,1H3,(H,22,25)(H2,21,26,27). The van der Waals surface area contributed by atoms with Crippen LogP contribution in [0.5, 0.6) is 0 Å². The van der Waals surface area contributed by atoms with Crippen molar-refractivity contribution < 1.29 is 13.2 Å². The molecular formula is C19H19N5O3S. The summed E-state index contributed by atoms with van der Waals surface area (Å²) in [5.41, 5.74) is 11.2. The van der Waals surface area contributed by atoms with Crippen molar-refractivity contribution in [1.29, 1.82) is 0 Å². The molecule has 144 valence electrons. The fourth-order valence-corrected chi connectivity index (χ4v) is 4.04. The molecule has 28 heavy (non-hydrogen) atoms. The summed E-state index contributed by atoms with van der Waals surface area (Å²) in [6.45, 7) is 0. The summed E-state index contributed by atoms with van der Waals surface area (Å²) in [5.74, 6) is -0.275. The van der Waals surface area contributed by atoms with Gasteiger partial charge in [0.25, 0.3) is 5.91 Å². The number of hydrogen-bond acceptors (Lipinski definition) is 5. The van der Waals surface area contributed by atoms with Crippen LogP contribution in [0.4, 0.5) is 5.69 Å². The minimum absolute atomic E-state index is 0.00782. The highest BCUT2D eigenvalue weighted by Crippen LogP contribution is 2.38. The molecule has 0 unspecified atom stereocenters. The number of rotatable bonds is 3. The Bertz CT molecular complexity index is 1200. The minimum Gasteiger partial charge on any atom is -0.399 e. The Balaban J connectivity index is 1.96. The van der Waals surface area contributed by atoms with E-state index >= 15 is 0 Å². The first-order valence-electron chi connectivity index (χ1n) is 8.65. The number of nitrogens with zero attached hydrogens (tertiary/aromatic N) is 2. The van der Waals surface area contributed by atoms with Gasteiger partial charge < -0.3 is 11.1 Å². The Morgan fingerprint density at radius 3 is 2.50 bits per heavy atom. The van der Waals surface area contributed by atoms with Crippen LogP contribution >= 0.6 is 0 Å². The third kappa shape index (κ3) is 2.94. The third-order valence-corrected chi connectivity index (χ3v) is 5.80. The van der Waals surface area contributed by atoms with E-state index < -0.39 is 10.0 Å². The Labute approximate surface area is 162 Å². The normalized spacial score (nSPS) is 12.9. The first-order valence-corrected chi connectivity index (χ1v) is 10.2. The van der Waals surface area contributed by atoms with Gasteiger partial charge in [0.15, 0.2) is 5.69 Å². The van der Waals surface area contributed by atoms with Crippen molar-refractivity contribution >= 4 is 21.6 Å².